The van der Waals surface area contributed by atoms with Gasteiger partial charge in [-0.05, 0) is 17.2 Å². The predicted molar refractivity (Wildman–Crippen MR) is 97.8 cm³/mol. The Hall–Kier alpha value is -3.20. The van der Waals surface area contributed by atoms with Crippen molar-refractivity contribution >= 4 is 17.9 Å². The van der Waals surface area contributed by atoms with Crippen LogP contribution in [0.1, 0.15) is 5.56 Å². The first-order valence-corrected chi connectivity index (χ1v) is 8.25. The molecule has 5 N–H and O–H groups in total. The molecular weight excluding hydrogens is 334 g/mol. The molecule has 0 atom stereocenters. The maximum atomic E-state index is 11.5. The normalized spacial score (nSPS) is 13.9. The van der Waals surface area contributed by atoms with Crippen molar-refractivity contribution in [3.8, 4) is 11.1 Å². The van der Waals surface area contributed by atoms with E-state index in [0.29, 0.717) is 25.7 Å². The summed E-state index contributed by atoms with van der Waals surface area (Å²) in [4.78, 5) is 22.5. The highest BCUT2D eigenvalue weighted by atomic mass is 16.5. The number of morpholine rings is 1. The molecule has 9 heteroatoms. The second kappa shape index (κ2) is 8.26. The Morgan fingerprint density at radius 3 is 2.65 bits per heavy atom. The second-order valence-corrected chi connectivity index (χ2v) is 5.79. The van der Waals surface area contributed by atoms with Gasteiger partial charge in [0.05, 0.1) is 13.2 Å². The van der Waals surface area contributed by atoms with Gasteiger partial charge in [0.2, 0.25) is 5.95 Å². The molecular formula is C17H21N7O2. The van der Waals surface area contributed by atoms with Gasteiger partial charge in [0.15, 0.2) is 5.96 Å². The van der Waals surface area contributed by atoms with Crippen molar-refractivity contribution in [2.45, 2.75) is 6.54 Å². The van der Waals surface area contributed by atoms with Crippen LogP contribution < -0.4 is 21.3 Å². The molecule has 136 valence electrons. The summed E-state index contributed by atoms with van der Waals surface area (Å²) in [5.74, 6) is 0.310. The quantitative estimate of drug-likeness (QED) is 0.471. The first-order valence-electron chi connectivity index (χ1n) is 8.25. The molecule has 1 aliphatic rings. The average Bonchev–Trinajstić information content (AvgIpc) is 2.67. The SMILES string of the molecule is N=C(N)NC(=O)NCc1cccc(-c2cnc(N3CCOCC3)nc2)c1. The molecule has 0 saturated carbocycles. The highest BCUT2D eigenvalue weighted by Crippen LogP contribution is 2.20. The van der Waals surface area contributed by atoms with Gasteiger partial charge in [0.25, 0.3) is 0 Å². The summed E-state index contributed by atoms with van der Waals surface area (Å²) < 4.78 is 5.34. The van der Waals surface area contributed by atoms with Crippen LogP contribution in [-0.2, 0) is 11.3 Å². The first kappa shape index (κ1) is 17.6. The Kier molecular flexibility index (Phi) is 5.59. The zero-order valence-electron chi connectivity index (χ0n) is 14.2. The molecule has 26 heavy (non-hydrogen) atoms. The highest BCUT2D eigenvalue weighted by molar-refractivity contribution is 5.93. The Bertz CT molecular complexity index is 773. The van der Waals surface area contributed by atoms with Crippen LogP contribution in [0.15, 0.2) is 36.7 Å². The third-order valence-corrected chi connectivity index (χ3v) is 3.89. The Balaban J connectivity index is 1.65. The molecule has 1 aliphatic heterocycles. The molecule has 0 aliphatic carbocycles. The lowest BCUT2D eigenvalue weighted by atomic mass is 10.1. The second-order valence-electron chi connectivity index (χ2n) is 5.79. The number of aromatic nitrogens is 2. The van der Waals surface area contributed by atoms with E-state index in [4.69, 9.17) is 15.9 Å². The lowest BCUT2D eigenvalue weighted by molar-refractivity contribution is 0.122. The number of carbonyl (C=O) groups is 1. The van der Waals surface area contributed by atoms with E-state index < -0.39 is 12.0 Å². The van der Waals surface area contributed by atoms with Crippen molar-refractivity contribution in [3.63, 3.8) is 0 Å². The maximum absolute atomic E-state index is 11.5. The number of nitrogens with zero attached hydrogens (tertiary/aromatic N) is 3. The van der Waals surface area contributed by atoms with E-state index in [-0.39, 0.29) is 0 Å². The number of anilines is 1. The summed E-state index contributed by atoms with van der Waals surface area (Å²) in [6.07, 6.45) is 3.60. The topological polar surface area (TPSA) is 129 Å². The van der Waals surface area contributed by atoms with Crippen molar-refractivity contribution < 1.29 is 9.53 Å². The van der Waals surface area contributed by atoms with E-state index in [1.807, 2.05) is 24.3 Å². The minimum atomic E-state index is -0.513. The molecule has 0 radical (unpaired) electrons. The summed E-state index contributed by atoms with van der Waals surface area (Å²) in [6, 6.07) is 7.22. The average molecular weight is 355 g/mol. The lowest BCUT2D eigenvalue weighted by Crippen LogP contribution is -2.42. The minimum absolute atomic E-state index is 0.319. The Morgan fingerprint density at radius 2 is 1.96 bits per heavy atom. The van der Waals surface area contributed by atoms with Gasteiger partial charge in [0, 0.05) is 37.6 Å². The number of hydrogen-bond donors (Lipinski definition) is 4. The van der Waals surface area contributed by atoms with E-state index in [2.05, 4.69) is 25.5 Å². The van der Waals surface area contributed by atoms with Gasteiger partial charge in [0.1, 0.15) is 0 Å². The molecule has 0 spiro atoms. The number of nitrogens with two attached hydrogens (primary N) is 1. The molecule has 0 unspecified atom stereocenters. The van der Waals surface area contributed by atoms with Crippen molar-refractivity contribution in [1.82, 2.24) is 20.6 Å². The van der Waals surface area contributed by atoms with E-state index in [9.17, 15) is 4.79 Å². The predicted octanol–water partition coefficient (Wildman–Crippen LogP) is 0.673. The van der Waals surface area contributed by atoms with Crippen molar-refractivity contribution in [2.75, 3.05) is 31.2 Å². The summed E-state index contributed by atoms with van der Waals surface area (Å²) in [5.41, 5.74) is 7.89. The van der Waals surface area contributed by atoms with Crippen LogP contribution in [0.4, 0.5) is 10.7 Å². The van der Waals surface area contributed by atoms with Crippen LogP contribution in [-0.4, -0.2) is 48.3 Å². The third-order valence-electron chi connectivity index (χ3n) is 3.89. The number of guanidine groups is 1. The monoisotopic (exact) mass is 355 g/mol. The number of nitrogens with one attached hydrogen (secondary N) is 3. The third kappa shape index (κ3) is 4.67. The van der Waals surface area contributed by atoms with Crippen LogP contribution in [0, 0.1) is 5.41 Å². The van der Waals surface area contributed by atoms with Gasteiger partial charge >= 0.3 is 6.03 Å². The number of amides is 2. The van der Waals surface area contributed by atoms with Crippen LogP contribution in [0.25, 0.3) is 11.1 Å². The molecule has 1 fully saturated rings. The zero-order valence-corrected chi connectivity index (χ0v) is 14.2. The zero-order chi connectivity index (χ0) is 18.4. The summed E-state index contributed by atoms with van der Waals surface area (Å²) >= 11 is 0. The number of urea groups is 1. The van der Waals surface area contributed by atoms with Crippen LogP contribution in [0.5, 0.6) is 0 Å². The van der Waals surface area contributed by atoms with Gasteiger partial charge < -0.3 is 20.7 Å². The van der Waals surface area contributed by atoms with Gasteiger partial charge in [-0.15, -0.1) is 0 Å². The fourth-order valence-electron chi connectivity index (χ4n) is 2.61. The number of benzene rings is 1. The standard InChI is InChI=1S/C17H21N7O2/c18-15(19)23-17(25)22-9-12-2-1-3-13(8-12)14-10-20-16(21-11-14)24-4-6-26-7-5-24/h1-3,8,10-11H,4-7,9H2,(H5,18,19,22,23,25). The van der Waals surface area contributed by atoms with E-state index in [1.165, 1.54) is 0 Å². The van der Waals surface area contributed by atoms with Crippen LogP contribution in [0.2, 0.25) is 0 Å². The lowest BCUT2D eigenvalue weighted by Gasteiger charge is -2.26. The number of hydrogen-bond acceptors (Lipinski definition) is 6. The molecule has 2 aromatic rings. The summed E-state index contributed by atoms with van der Waals surface area (Å²) in [7, 11) is 0. The van der Waals surface area contributed by atoms with Gasteiger partial charge in [-0.3, -0.25) is 10.7 Å². The van der Waals surface area contributed by atoms with Crippen molar-refractivity contribution in [2.24, 2.45) is 5.73 Å². The van der Waals surface area contributed by atoms with E-state index >= 15 is 0 Å². The summed E-state index contributed by atoms with van der Waals surface area (Å²) in [6.45, 7) is 3.29. The van der Waals surface area contributed by atoms with Gasteiger partial charge in [-0.2, -0.15) is 0 Å². The molecule has 3 rings (SSSR count). The molecule has 9 nitrogen and oxygen atoms in total. The fourth-order valence-corrected chi connectivity index (χ4v) is 2.61. The van der Waals surface area contributed by atoms with Crippen LogP contribution >= 0.6 is 0 Å². The van der Waals surface area contributed by atoms with Crippen LogP contribution in [0.3, 0.4) is 0 Å². The maximum Gasteiger partial charge on any atom is 0.321 e. The first-order chi connectivity index (χ1) is 12.6. The number of carbonyl (C=O) groups excluding carboxylic acids is 1. The van der Waals surface area contributed by atoms with E-state index in [1.54, 1.807) is 12.4 Å². The molecule has 0 bridgehead atoms. The molecule has 2 heterocycles. The number of ether oxygens (including phenoxy) is 1. The molecule has 1 aromatic carbocycles. The largest absolute Gasteiger partial charge is 0.378 e. The Morgan fingerprint density at radius 1 is 1.23 bits per heavy atom. The van der Waals surface area contributed by atoms with Gasteiger partial charge in [-0.25, -0.2) is 14.8 Å². The van der Waals surface area contributed by atoms with Crippen molar-refractivity contribution in [1.29, 1.82) is 5.41 Å². The van der Waals surface area contributed by atoms with Gasteiger partial charge in [-0.1, -0.05) is 18.2 Å². The smallest absolute Gasteiger partial charge is 0.321 e. The fraction of sp³-hybridized carbons (Fsp3) is 0.294. The molecule has 1 aromatic heterocycles. The van der Waals surface area contributed by atoms with Crippen molar-refractivity contribution in [3.05, 3.63) is 42.2 Å². The number of rotatable bonds is 4. The summed E-state index contributed by atoms with van der Waals surface area (Å²) in [5, 5.41) is 11.8. The molecule has 1 saturated heterocycles. The Labute approximate surface area is 151 Å². The van der Waals surface area contributed by atoms with E-state index in [0.717, 1.165) is 29.8 Å². The minimum Gasteiger partial charge on any atom is -0.378 e. The molecule has 2 amide bonds. The highest BCUT2D eigenvalue weighted by Gasteiger charge is 2.13.